The molecule has 0 atom stereocenters. The second-order valence-electron chi connectivity index (χ2n) is 6.41. The van der Waals surface area contributed by atoms with Crippen LogP contribution in [0.4, 0.5) is 5.82 Å². The van der Waals surface area contributed by atoms with E-state index in [4.69, 9.17) is 0 Å². The van der Waals surface area contributed by atoms with Crippen molar-refractivity contribution in [3.8, 4) is 0 Å². The van der Waals surface area contributed by atoms with Crippen LogP contribution in [0.25, 0.3) is 0 Å². The summed E-state index contributed by atoms with van der Waals surface area (Å²) in [6.45, 7) is 6.44. The van der Waals surface area contributed by atoms with Gasteiger partial charge in [0.1, 0.15) is 5.82 Å². The molecule has 1 saturated heterocycles. The fourth-order valence-electron chi connectivity index (χ4n) is 3.02. The first-order valence-corrected chi connectivity index (χ1v) is 8.53. The zero-order valence-corrected chi connectivity index (χ0v) is 14.2. The van der Waals surface area contributed by atoms with Gasteiger partial charge in [-0.3, -0.25) is 9.78 Å². The predicted molar refractivity (Wildman–Crippen MR) is 90.1 cm³/mol. The van der Waals surface area contributed by atoms with E-state index >= 15 is 0 Å². The van der Waals surface area contributed by atoms with E-state index in [1.165, 1.54) is 0 Å². The van der Waals surface area contributed by atoms with Gasteiger partial charge in [-0.2, -0.15) is 0 Å². The van der Waals surface area contributed by atoms with Crippen molar-refractivity contribution in [2.24, 2.45) is 11.3 Å². The Morgan fingerprint density at radius 2 is 2.04 bits per heavy atom. The molecule has 0 saturated carbocycles. The van der Waals surface area contributed by atoms with Gasteiger partial charge in [-0.25, -0.2) is 4.98 Å². The lowest BCUT2D eigenvalue weighted by atomic mass is 9.83. The third-order valence-electron chi connectivity index (χ3n) is 5.21. The van der Waals surface area contributed by atoms with Gasteiger partial charge in [0.25, 0.3) is 0 Å². The Hall–Kier alpha value is -1.69. The summed E-state index contributed by atoms with van der Waals surface area (Å²) in [4.78, 5) is 23.0. The average Bonchev–Trinajstić information content (AvgIpc) is 2.64. The molecule has 0 bridgehead atoms. The van der Waals surface area contributed by atoms with E-state index in [1.807, 2.05) is 0 Å². The summed E-state index contributed by atoms with van der Waals surface area (Å²) < 4.78 is 0. The van der Waals surface area contributed by atoms with Crippen LogP contribution in [0.15, 0.2) is 18.6 Å². The normalized spacial score (nSPS) is 16.4. The number of amides is 1. The van der Waals surface area contributed by atoms with Crippen LogP contribution in [-0.2, 0) is 4.79 Å². The van der Waals surface area contributed by atoms with Gasteiger partial charge in [0, 0.05) is 43.4 Å². The number of rotatable bonds is 7. The molecule has 0 aromatic carbocycles. The largest absolute Gasteiger partial charge is 0.396 e. The molecule has 128 valence electrons. The number of piperidine rings is 1. The minimum Gasteiger partial charge on any atom is -0.396 e. The molecule has 1 aliphatic heterocycles. The van der Waals surface area contributed by atoms with Gasteiger partial charge >= 0.3 is 0 Å². The van der Waals surface area contributed by atoms with Gasteiger partial charge in [0.2, 0.25) is 5.91 Å². The quantitative estimate of drug-likeness (QED) is 0.798. The maximum Gasteiger partial charge on any atom is 0.223 e. The third kappa shape index (κ3) is 4.41. The molecule has 1 amide bonds. The van der Waals surface area contributed by atoms with E-state index in [0.717, 1.165) is 44.6 Å². The number of nitrogens with one attached hydrogen (secondary N) is 1. The van der Waals surface area contributed by atoms with E-state index in [0.29, 0.717) is 6.54 Å². The Labute approximate surface area is 138 Å². The second kappa shape index (κ2) is 8.24. The van der Waals surface area contributed by atoms with Gasteiger partial charge in [-0.15, -0.1) is 0 Å². The zero-order chi connectivity index (χ0) is 16.7. The van der Waals surface area contributed by atoms with Gasteiger partial charge in [-0.05, 0) is 25.7 Å². The molecule has 23 heavy (non-hydrogen) atoms. The van der Waals surface area contributed by atoms with Crippen molar-refractivity contribution < 1.29 is 9.90 Å². The molecule has 1 aliphatic rings. The summed E-state index contributed by atoms with van der Waals surface area (Å²) in [6.07, 6.45) is 8.51. The van der Waals surface area contributed by atoms with Crippen LogP contribution in [0.1, 0.15) is 39.5 Å². The van der Waals surface area contributed by atoms with Gasteiger partial charge < -0.3 is 15.3 Å². The number of aliphatic hydroxyl groups is 1. The van der Waals surface area contributed by atoms with Crippen LogP contribution in [0.5, 0.6) is 0 Å². The topological polar surface area (TPSA) is 78.4 Å². The standard InChI is InChI=1S/C17H28N4O2/c1-3-17(4-2,13-22)12-20-16(23)14-5-9-21(10-6-14)15-11-18-7-8-19-15/h7-8,11,14,22H,3-6,9-10,12-13H2,1-2H3,(H,20,23). The number of carbonyl (C=O) groups excluding carboxylic acids is 1. The van der Waals surface area contributed by atoms with Crippen LogP contribution in [-0.4, -0.2) is 47.2 Å². The smallest absolute Gasteiger partial charge is 0.223 e. The summed E-state index contributed by atoms with van der Waals surface area (Å²) in [5.41, 5.74) is -0.185. The minimum absolute atomic E-state index is 0.0491. The van der Waals surface area contributed by atoms with Crippen molar-refractivity contribution in [2.45, 2.75) is 39.5 Å². The number of hydrogen-bond donors (Lipinski definition) is 2. The van der Waals surface area contributed by atoms with Crippen LogP contribution >= 0.6 is 0 Å². The monoisotopic (exact) mass is 320 g/mol. The highest BCUT2D eigenvalue weighted by Crippen LogP contribution is 2.25. The lowest BCUT2D eigenvalue weighted by Gasteiger charge is -2.33. The van der Waals surface area contributed by atoms with Crippen molar-refractivity contribution in [3.05, 3.63) is 18.6 Å². The summed E-state index contributed by atoms with van der Waals surface area (Å²) in [7, 11) is 0. The molecular formula is C17H28N4O2. The number of nitrogens with zero attached hydrogens (tertiary/aromatic N) is 3. The number of hydrogen-bond acceptors (Lipinski definition) is 5. The molecule has 6 heteroatoms. The first kappa shape index (κ1) is 17.7. The summed E-state index contributed by atoms with van der Waals surface area (Å²) >= 11 is 0. The van der Waals surface area contributed by atoms with Crippen molar-refractivity contribution in [1.82, 2.24) is 15.3 Å². The fourth-order valence-corrected chi connectivity index (χ4v) is 3.02. The second-order valence-corrected chi connectivity index (χ2v) is 6.41. The van der Waals surface area contributed by atoms with Crippen LogP contribution in [0.2, 0.25) is 0 Å². The summed E-state index contributed by atoms with van der Waals surface area (Å²) in [5.74, 6) is 1.04. The maximum atomic E-state index is 12.4. The Morgan fingerprint density at radius 3 is 2.57 bits per heavy atom. The first-order chi connectivity index (χ1) is 11.1. The fraction of sp³-hybridized carbons (Fsp3) is 0.706. The van der Waals surface area contributed by atoms with Crippen molar-refractivity contribution >= 4 is 11.7 Å². The van der Waals surface area contributed by atoms with Gasteiger partial charge in [0.05, 0.1) is 12.8 Å². The molecule has 1 aromatic rings. The predicted octanol–water partition coefficient (Wildman–Crippen LogP) is 1.61. The molecule has 2 rings (SSSR count). The molecular weight excluding hydrogens is 292 g/mol. The Balaban J connectivity index is 1.82. The molecule has 1 fully saturated rings. The molecule has 2 N–H and O–H groups in total. The summed E-state index contributed by atoms with van der Waals surface area (Å²) in [5, 5.41) is 12.6. The van der Waals surface area contributed by atoms with E-state index < -0.39 is 0 Å². The highest BCUT2D eigenvalue weighted by Gasteiger charge is 2.29. The molecule has 1 aromatic heterocycles. The number of carbonyl (C=O) groups is 1. The Bertz CT molecular complexity index is 474. The van der Waals surface area contributed by atoms with Gasteiger partial charge in [-0.1, -0.05) is 13.8 Å². The zero-order valence-electron chi connectivity index (χ0n) is 14.2. The van der Waals surface area contributed by atoms with E-state index in [1.54, 1.807) is 18.6 Å². The first-order valence-electron chi connectivity index (χ1n) is 8.53. The molecule has 0 spiro atoms. The van der Waals surface area contributed by atoms with E-state index in [-0.39, 0.29) is 23.8 Å². The van der Waals surface area contributed by atoms with E-state index in [9.17, 15) is 9.90 Å². The molecule has 0 unspecified atom stereocenters. The highest BCUT2D eigenvalue weighted by atomic mass is 16.3. The molecule has 0 aliphatic carbocycles. The van der Waals surface area contributed by atoms with Crippen molar-refractivity contribution in [1.29, 1.82) is 0 Å². The minimum atomic E-state index is -0.185. The highest BCUT2D eigenvalue weighted by molar-refractivity contribution is 5.79. The van der Waals surface area contributed by atoms with Gasteiger partial charge in [0.15, 0.2) is 0 Å². The maximum absolute atomic E-state index is 12.4. The van der Waals surface area contributed by atoms with Crippen LogP contribution < -0.4 is 10.2 Å². The summed E-state index contributed by atoms with van der Waals surface area (Å²) in [6, 6.07) is 0. The number of aliphatic hydroxyl groups excluding tert-OH is 1. The Morgan fingerprint density at radius 1 is 1.35 bits per heavy atom. The molecule has 0 radical (unpaired) electrons. The SMILES string of the molecule is CCC(CC)(CO)CNC(=O)C1CCN(c2cnccn2)CC1. The lowest BCUT2D eigenvalue weighted by Crippen LogP contribution is -2.45. The lowest BCUT2D eigenvalue weighted by molar-refractivity contribution is -0.126. The van der Waals surface area contributed by atoms with E-state index in [2.05, 4.69) is 34.0 Å². The number of anilines is 1. The van der Waals surface area contributed by atoms with Crippen molar-refractivity contribution in [2.75, 3.05) is 31.1 Å². The molecule has 2 heterocycles. The Kier molecular flexibility index (Phi) is 6.33. The van der Waals surface area contributed by atoms with Crippen LogP contribution in [0, 0.1) is 11.3 Å². The van der Waals surface area contributed by atoms with Crippen LogP contribution in [0.3, 0.4) is 0 Å². The molecule has 6 nitrogen and oxygen atoms in total. The number of aromatic nitrogens is 2. The van der Waals surface area contributed by atoms with Crippen molar-refractivity contribution in [3.63, 3.8) is 0 Å². The average molecular weight is 320 g/mol. The third-order valence-corrected chi connectivity index (χ3v) is 5.21.